The molecule has 1 aromatic carbocycles. The maximum atomic E-state index is 12.7. The number of carbonyl (C=O) groups excluding carboxylic acids is 1. The molecule has 4 nitrogen and oxygen atoms in total. The summed E-state index contributed by atoms with van der Waals surface area (Å²) >= 11 is 0. The Morgan fingerprint density at radius 1 is 1.39 bits per heavy atom. The molecule has 0 fully saturated rings. The minimum atomic E-state index is -4.51. The van der Waals surface area contributed by atoms with Crippen LogP contribution in [0.3, 0.4) is 0 Å². The molecule has 7 heteroatoms. The summed E-state index contributed by atoms with van der Waals surface area (Å²) in [6.45, 7) is 0.103. The van der Waals surface area contributed by atoms with Crippen LogP contribution in [0.5, 0.6) is 5.75 Å². The van der Waals surface area contributed by atoms with Crippen LogP contribution in [-0.4, -0.2) is 19.6 Å². The van der Waals surface area contributed by atoms with Gasteiger partial charge >= 0.3 is 6.18 Å². The first-order chi connectivity index (χ1) is 8.30. The Kier molecular flexibility index (Phi) is 2.84. The number of hydrogen-bond donors (Lipinski definition) is 1. The molecule has 0 unspecified atom stereocenters. The smallest absolute Gasteiger partial charge is 0.416 e. The van der Waals surface area contributed by atoms with Crippen LogP contribution in [0.4, 0.5) is 24.5 Å². The van der Waals surface area contributed by atoms with E-state index in [-0.39, 0.29) is 36.1 Å². The maximum absolute atomic E-state index is 12.7. The first kappa shape index (κ1) is 12.5. The monoisotopic (exact) mass is 260 g/mol. The number of carbonyl (C=O) groups is 1. The van der Waals surface area contributed by atoms with Gasteiger partial charge in [-0.05, 0) is 12.1 Å². The number of nitrogens with two attached hydrogens (primary N) is 1. The number of amides is 1. The Labute approximate surface area is 101 Å². The Bertz CT molecular complexity index is 500. The van der Waals surface area contributed by atoms with Crippen molar-refractivity contribution in [3.63, 3.8) is 0 Å². The fourth-order valence-electron chi connectivity index (χ4n) is 1.75. The highest BCUT2D eigenvalue weighted by Crippen LogP contribution is 2.41. The van der Waals surface area contributed by atoms with Crippen molar-refractivity contribution in [1.29, 1.82) is 0 Å². The molecular formula is C11H11F3N2O2. The van der Waals surface area contributed by atoms with E-state index in [1.165, 1.54) is 7.05 Å². The van der Waals surface area contributed by atoms with Gasteiger partial charge in [-0.2, -0.15) is 13.2 Å². The van der Waals surface area contributed by atoms with Crippen molar-refractivity contribution in [2.75, 3.05) is 24.3 Å². The Balaban J connectivity index is 2.60. The van der Waals surface area contributed by atoms with Crippen molar-refractivity contribution < 1.29 is 22.7 Å². The minimum absolute atomic E-state index is 0.0461. The molecule has 1 aliphatic rings. The van der Waals surface area contributed by atoms with Crippen LogP contribution in [-0.2, 0) is 11.0 Å². The molecule has 1 aromatic rings. The van der Waals surface area contributed by atoms with Gasteiger partial charge in [0.2, 0.25) is 5.91 Å². The summed E-state index contributed by atoms with van der Waals surface area (Å²) in [7, 11) is 1.40. The number of rotatable bonds is 0. The number of alkyl halides is 3. The number of nitrogen functional groups attached to an aromatic ring is 1. The molecule has 0 bridgehead atoms. The zero-order valence-corrected chi connectivity index (χ0v) is 9.54. The normalized spacial score (nSPS) is 16.0. The third-order valence-corrected chi connectivity index (χ3v) is 2.72. The van der Waals surface area contributed by atoms with Gasteiger partial charge in [0.15, 0.2) is 5.75 Å². The highest BCUT2D eigenvalue weighted by atomic mass is 19.4. The van der Waals surface area contributed by atoms with Gasteiger partial charge in [-0.25, -0.2) is 0 Å². The van der Waals surface area contributed by atoms with Crippen molar-refractivity contribution in [1.82, 2.24) is 0 Å². The van der Waals surface area contributed by atoms with E-state index in [1.54, 1.807) is 0 Å². The van der Waals surface area contributed by atoms with Crippen molar-refractivity contribution >= 4 is 17.3 Å². The van der Waals surface area contributed by atoms with Gasteiger partial charge in [-0.3, -0.25) is 4.79 Å². The van der Waals surface area contributed by atoms with Crippen LogP contribution in [0.2, 0.25) is 0 Å². The number of fused-ring (bicyclic) bond motifs is 1. The maximum Gasteiger partial charge on any atom is 0.416 e. The topological polar surface area (TPSA) is 55.6 Å². The molecule has 2 N–H and O–H groups in total. The van der Waals surface area contributed by atoms with Crippen LogP contribution in [0, 0.1) is 0 Å². The van der Waals surface area contributed by atoms with Gasteiger partial charge in [0.1, 0.15) is 0 Å². The predicted molar refractivity (Wildman–Crippen MR) is 59.4 cm³/mol. The molecule has 1 aliphatic heterocycles. The van der Waals surface area contributed by atoms with Crippen LogP contribution < -0.4 is 15.4 Å². The molecule has 0 radical (unpaired) electrons. The number of ether oxygens (including phenoxy) is 1. The van der Waals surface area contributed by atoms with Gasteiger partial charge in [-0.1, -0.05) is 0 Å². The summed E-state index contributed by atoms with van der Waals surface area (Å²) in [6.07, 6.45) is -4.41. The quantitative estimate of drug-likeness (QED) is 0.726. The second-order valence-electron chi connectivity index (χ2n) is 3.96. The molecular weight excluding hydrogens is 249 g/mol. The van der Waals surface area contributed by atoms with Crippen molar-refractivity contribution in [3.05, 3.63) is 17.7 Å². The summed E-state index contributed by atoms with van der Waals surface area (Å²) in [4.78, 5) is 12.7. The van der Waals surface area contributed by atoms with E-state index in [0.29, 0.717) is 0 Å². The van der Waals surface area contributed by atoms with Gasteiger partial charge in [0.05, 0.1) is 30.0 Å². The molecule has 0 saturated carbocycles. The lowest BCUT2D eigenvalue weighted by Crippen LogP contribution is -2.25. The van der Waals surface area contributed by atoms with E-state index in [1.807, 2.05) is 0 Å². The Morgan fingerprint density at radius 2 is 2.06 bits per heavy atom. The van der Waals surface area contributed by atoms with Crippen LogP contribution in [0.15, 0.2) is 12.1 Å². The van der Waals surface area contributed by atoms with Gasteiger partial charge in [0.25, 0.3) is 0 Å². The molecule has 0 atom stereocenters. The largest absolute Gasteiger partial charge is 0.489 e. The molecule has 1 heterocycles. The van der Waals surface area contributed by atoms with E-state index in [9.17, 15) is 18.0 Å². The average molecular weight is 260 g/mol. The van der Waals surface area contributed by atoms with Crippen molar-refractivity contribution in [2.45, 2.75) is 12.6 Å². The van der Waals surface area contributed by atoms with Crippen molar-refractivity contribution in [3.8, 4) is 5.75 Å². The fourth-order valence-corrected chi connectivity index (χ4v) is 1.75. The zero-order valence-electron chi connectivity index (χ0n) is 9.54. The summed E-state index contributed by atoms with van der Waals surface area (Å²) in [5.41, 5.74) is 4.58. The lowest BCUT2D eigenvalue weighted by Gasteiger charge is -2.19. The minimum Gasteiger partial charge on any atom is -0.489 e. The Morgan fingerprint density at radius 3 is 2.67 bits per heavy atom. The first-order valence-electron chi connectivity index (χ1n) is 5.21. The van der Waals surface area contributed by atoms with Crippen molar-refractivity contribution in [2.24, 2.45) is 0 Å². The average Bonchev–Trinajstić information content (AvgIpc) is 2.40. The summed E-state index contributed by atoms with van der Waals surface area (Å²) < 4.78 is 43.2. The summed E-state index contributed by atoms with van der Waals surface area (Å²) in [5.74, 6) is -0.191. The van der Waals surface area contributed by atoms with E-state index >= 15 is 0 Å². The van der Waals surface area contributed by atoms with E-state index in [4.69, 9.17) is 10.5 Å². The van der Waals surface area contributed by atoms with E-state index in [2.05, 4.69) is 0 Å². The molecule has 0 aliphatic carbocycles. The predicted octanol–water partition coefficient (Wildman–Crippen LogP) is 2.03. The van der Waals surface area contributed by atoms with E-state index in [0.717, 1.165) is 17.0 Å². The molecule has 0 saturated heterocycles. The van der Waals surface area contributed by atoms with Gasteiger partial charge in [0, 0.05) is 7.05 Å². The molecule has 18 heavy (non-hydrogen) atoms. The highest BCUT2D eigenvalue weighted by Gasteiger charge is 2.34. The number of halogens is 3. The molecule has 0 spiro atoms. The van der Waals surface area contributed by atoms with Gasteiger partial charge in [-0.15, -0.1) is 0 Å². The second-order valence-corrected chi connectivity index (χ2v) is 3.96. The number of hydrogen-bond acceptors (Lipinski definition) is 3. The standard InChI is InChI=1S/C11H11F3N2O2/c1-16-8-5-6(11(12,13)14)4-7(15)10(8)18-3-2-9(16)17/h4-5H,2-3,15H2,1H3. The molecule has 2 rings (SSSR count). The van der Waals surface area contributed by atoms with E-state index < -0.39 is 11.7 Å². The fraction of sp³-hybridized carbons (Fsp3) is 0.364. The summed E-state index contributed by atoms with van der Waals surface area (Å²) in [5, 5.41) is 0. The molecule has 1 amide bonds. The number of nitrogens with zero attached hydrogens (tertiary/aromatic N) is 1. The summed E-state index contributed by atoms with van der Waals surface area (Å²) in [6, 6.07) is 1.68. The van der Waals surface area contributed by atoms with Crippen LogP contribution in [0.25, 0.3) is 0 Å². The lowest BCUT2D eigenvalue weighted by molar-refractivity contribution is -0.137. The first-order valence-corrected chi connectivity index (χ1v) is 5.21. The lowest BCUT2D eigenvalue weighted by atomic mass is 10.1. The number of benzene rings is 1. The zero-order chi connectivity index (χ0) is 13.5. The number of anilines is 2. The molecule has 98 valence electrons. The molecule has 0 aromatic heterocycles. The SMILES string of the molecule is CN1C(=O)CCOc2c(N)cc(C(F)(F)F)cc21. The van der Waals surface area contributed by atoms with Crippen LogP contribution >= 0.6 is 0 Å². The highest BCUT2D eigenvalue weighted by molar-refractivity contribution is 5.96. The second kappa shape index (κ2) is 4.08. The Hall–Kier alpha value is -1.92. The third-order valence-electron chi connectivity index (χ3n) is 2.72. The third kappa shape index (κ3) is 2.07. The van der Waals surface area contributed by atoms with Gasteiger partial charge < -0.3 is 15.4 Å². The van der Waals surface area contributed by atoms with Crippen LogP contribution in [0.1, 0.15) is 12.0 Å².